The monoisotopic (exact) mass is 211 g/mol. The molecule has 0 aromatic carbocycles. The van der Waals surface area contributed by atoms with Crippen LogP contribution in [0.4, 0.5) is 0 Å². The predicted molar refractivity (Wildman–Crippen MR) is 54.5 cm³/mol. The van der Waals surface area contributed by atoms with Crippen molar-refractivity contribution in [2.45, 2.75) is 23.6 Å². The van der Waals surface area contributed by atoms with Crippen LogP contribution in [0.25, 0.3) is 0 Å². The van der Waals surface area contributed by atoms with Gasteiger partial charge in [-0.3, -0.25) is 9.19 Å². The van der Waals surface area contributed by atoms with Crippen LogP contribution in [0.3, 0.4) is 0 Å². The van der Waals surface area contributed by atoms with E-state index in [4.69, 9.17) is 0 Å². The van der Waals surface area contributed by atoms with Gasteiger partial charge < -0.3 is 5.32 Å². The third-order valence-electron chi connectivity index (χ3n) is 2.34. The van der Waals surface area contributed by atoms with Gasteiger partial charge in [-0.1, -0.05) is 0 Å². The summed E-state index contributed by atoms with van der Waals surface area (Å²) in [6.07, 6.45) is 4.19. The lowest BCUT2D eigenvalue weighted by atomic mass is 10.4. The molecule has 5 heteroatoms. The van der Waals surface area contributed by atoms with Gasteiger partial charge in [0.1, 0.15) is 5.03 Å². The zero-order chi connectivity index (χ0) is 9.97. The van der Waals surface area contributed by atoms with Crippen molar-refractivity contribution in [3.63, 3.8) is 0 Å². The van der Waals surface area contributed by atoms with Crippen molar-refractivity contribution in [2.75, 3.05) is 13.1 Å². The van der Waals surface area contributed by atoms with Crippen molar-refractivity contribution < 1.29 is 4.21 Å². The highest BCUT2D eigenvalue weighted by molar-refractivity contribution is 7.85. The minimum absolute atomic E-state index is 0.199. The van der Waals surface area contributed by atoms with Gasteiger partial charge in [0.2, 0.25) is 0 Å². The maximum absolute atomic E-state index is 12.0. The Bertz CT molecular complexity index is 350. The quantitative estimate of drug-likeness (QED) is 0.762. The lowest BCUT2D eigenvalue weighted by Gasteiger charge is -2.08. The van der Waals surface area contributed by atoms with E-state index in [-0.39, 0.29) is 5.25 Å². The maximum Gasteiger partial charge on any atom is 0.148 e. The second-order valence-corrected chi connectivity index (χ2v) is 5.01. The number of rotatable bonds is 2. The van der Waals surface area contributed by atoms with Gasteiger partial charge in [0.25, 0.3) is 0 Å². The third-order valence-corrected chi connectivity index (χ3v) is 4.13. The Balaban J connectivity index is 2.22. The second kappa shape index (κ2) is 4.14. The first-order chi connectivity index (χ1) is 6.79. The van der Waals surface area contributed by atoms with E-state index in [2.05, 4.69) is 15.3 Å². The standard InChI is InChI=1S/C9H13N3OS/c1-7-9(12-5-4-11-7)14(13)8-2-3-10-6-8/h4-5,8,10H,2-3,6H2,1H3/t8-,14+/m1/s1. The molecule has 1 saturated heterocycles. The summed E-state index contributed by atoms with van der Waals surface area (Å²) >= 11 is 0. The molecule has 1 aliphatic heterocycles. The van der Waals surface area contributed by atoms with E-state index >= 15 is 0 Å². The van der Waals surface area contributed by atoms with Crippen molar-refractivity contribution in [3.8, 4) is 0 Å². The molecule has 1 aromatic rings. The van der Waals surface area contributed by atoms with Crippen LogP contribution < -0.4 is 5.32 Å². The van der Waals surface area contributed by atoms with Gasteiger partial charge in [-0.25, -0.2) is 4.98 Å². The summed E-state index contributed by atoms with van der Waals surface area (Å²) in [5.41, 5.74) is 0.776. The molecular weight excluding hydrogens is 198 g/mol. The number of hydrogen-bond donors (Lipinski definition) is 1. The lowest BCUT2D eigenvalue weighted by molar-refractivity contribution is 0.667. The van der Waals surface area contributed by atoms with Crippen molar-refractivity contribution in [2.24, 2.45) is 0 Å². The molecule has 2 heterocycles. The van der Waals surface area contributed by atoms with E-state index in [1.165, 1.54) is 0 Å². The molecule has 0 radical (unpaired) electrons. The van der Waals surface area contributed by atoms with E-state index in [0.717, 1.165) is 25.2 Å². The van der Waals surface area contributed by atoms with E-state index in [0.29, 0.717) is 5.03 Å². The topological polar surface area (TPSA) is 54.9 Å². The summed E-state index contributed by atoms with van der Waals surface area (Å²) in [6, 6.07) is 0. The zero-order valence-corrected chi connectivity index (χ0v) is 8.88. The first-order valence-electron chi connectivity index (χ1n) is 4.68. The Hall–Kier alpha value is -0.810. The Labute approximate surface area is 85.6 Å². The summed E-state index contributed by atoms with van der Waals surface area (Å²) in [5.74, 6) is 0. The predicted octanol–water partition coefficient (Wildman–Crippen LogP) is 0.255. The number of nitrogens with zero attached hydrogens (tertiary/aromatic N) is 2. The molecule has 0 aliphatic carbocycles. The lowest BCUT2D eigenvalue weighted by Crippen LogP contribution is -2.20. The van der Waals surface area contributed by atoms with E-state index < -0.39 is 10.8 Å². The molecule has 14 heavy (non-hydrogen) atoms. The van der Waals surface area contributed by atoms with Crippen LogP contribution in [-0.4, -0.2) is 32.5 Å². The normalized spacial score (nSPS) is 23.6. The van der Waals surface area contributed by atoms with Crippen molar-refractivity contribution in [1.82, 2.24) is 15.3 Å². The van der Waals surface area contributed by atoms with E-state index in [9.17, 15) is 4.21 Å². The maximum atomic E-state index is 12.0. The van der Waals surface area contributed by atoms with E-state index in [1.54, 1.807) is 12.4 Å². The first kappa shape index (κ1) is 9.73. The highest BCUT2D eigenvalue weighted by Crippen LogP contribution is 2.15. The van der Waals surface area contributed by atoms with E-state index in [1.807, 2.05) is 6.92 Å². The Kier molecular flexibility index (Phi) is 2.88. The van der Waals surface area contributed by atoms with Gasteiger partial charge in [0.05, 0.1) is 21.7 Å². The van der Waals surface area contributed by atoms with Crippen LogP contribution in [0.5, 0.6) is 0 Å². The van der Waals surface area contributed by atoms with Crippen LogP contribution in [0, 0.1) is 6.92 Å². The molecular formula is C9H13N3OS. The number of aryl methyl sites for hydroxylation is 1. The second-order valence-electron chi connectivity index (χ2n) is 3.36. The summed E-state index contributed by atoms with van der Waals surface area (Å²) in [6.45, 7) is 3.63. The fourth-order valence-electron chi connectivity index (χ4n) is 1.56. The van der Waals surface area contributed by atoms with Crippen LogP contribution >= 0.6 is 0 Å². The van der Waals surface area contributed by atoms with Crippen LogP contribution in [-0.2, 0) is 10.8 Å². The molecule has 1 N–H and O–H groups in total. The molecule has 0 spiro atoms. The fourth-order valence-corrected chi connectivity index (χ4v) is 2.99. The van der Waals surface area contributed by atoms with Crippen LogP contribution in [0.2, 0.25) is 0 Å². The molecule has 4 nitrogen and oxygen atoms in total. The summed E-state index contributed by atoms with van der Waals surface area (Å²) in [4.78, 5) is 8.23. The van der Waals surface area contributed by atoms with Crippen molar-refractivity contribution >= 4 is 10.8 Å². The molecule has 0 saturated carbocycles. The number of aromatic nitrogens is 2. The van der Waals surface area contributed by atoms with Crippen molar-refractivity contribution in [1.29, 1.82) is 0 Å². The highest BCUT2D eigenvalue weighted by Gasteiger charge is 2.24. The minimum atomic E-state index is -1.01. The highest BCUT2D eigenvalue weighted by atomic mass is 32.2. The molecule has 0 amide bonds. The summed E-state index contributed by atoms with van der Waals surface area (Å²) in [5, 5.41) is 4.04. The van der Waals surface area contributed by atoms with Gasteiger partial charge in [-0.2, -0.15) is 0 Å². The minimum Gasteiger partial charge on any atom is -0.315 e. The summed E-state index contributed by atoms with van der Waals surface area (Å²) in [7, 11) is -1.01. The molecule has 1 fully saturated rings. The fraction of sp³-hybridized carbons (Fsp3) is 0.556. The molecule has 2 rings (SSSR count). The smallest absolute Gasteiger partial charge is 0.148 e. The summed E-state index contributed by atoms with van der Waals surface area (Å²) < 4.78 is 12.0. The average Bonchev–Trinajstić information content (AvgIpc) is 2.70. The zero-order valence-electron chi connectivity index (χ0n) is 8.06. The Morgan fingerprint density at radius 1 is 1.50 bits per heavy atom. The van der Waals surface area contributed by atoms with Gasteiger partial charge in [0, 0.05) is 18.9 Å². The van der Waals surface area contributed by atoms with Crippen LogP contribution in [0.1, 0.15) is 12.1 Å². The molecule has 1 aliphatic rings. The van der Waals surface area contributed by atoms with Crippen LogP contribution in [0.15, 0.2) is 17.4 Å². The van der Waals surface area contributed by atoms with Crippen molar-refractivity contribution in [3.05, 3.63) is 18.1 Å². The number of nitrogens with one attached hydrogen (secondary N) is 1. The SMILES string of the molecule is Cc1nccnc1[S@@](=O)[C@@H]1CCNC1. The van der Waals surface area contributed by atoms with Gasteiger partial charge >= 0.3 is 0 Å². The van der Waals surface area contributed by atoms with Gasteiger partial charge in [-0.15, -0.1) is 0 Å². The Morgan fingerprint density at radius 2 is 2.29 bits per heavy atom. The number of hydrogen-bond acceptors (Lipinski definition) is 4. The Morgan fingerprint density at radius 3 is 2.93 bits per heavy atom. The third kappa shape index (κ3) is 1.83. The molecule has 1 aromatic heterocycles. The molecule has 76 valence electrons. The van der Waals surface area contributed by atoms with Gasteiger partial charge in [0.15, 0.2) is 0 Å². The molecule has 2 atom stereocenters. The average molecular weight is 211 g/mol. The largest absolute Gasteiger partial charge is 0.315 e. The molecule has 0 unspecified atom stereocenters. The molecule has 0 bridgehead atoms. The first-order valence-corrected chi connectivity index (χ1v) is 5.89. The van der Waals surface area contributed by atoms with Gasteiger partial charge in [-0.05, 0) is 19.9 Å².